The maximum atomic E-state index is 8.34. The summed E-state index contributed by atoms with van der Waals surface area (Å²) >= 11 is 0. The van der Waals surface area contributed by atoms with Crippen molar-refractivity contribution in [3.8, 4) is 0 Å². The van der Waals surface area contributed by atoms with Crippen LogP contribution in [-0.2, 0) is 4.84 Å². The Morgan fingerprint density at radius 3 is 2.67 bits per heavy atom. The first-order valence-electron chi connectivity index (χ1n) is 1.99. The topological polar surface area (TPSA) is 32.7 Å². The first kappa shape index (κ1) is 4.05. The third-order valence-corrected chi connectivity index (χ3v) is 0.734. The minimum absolute atomic E-state index is 0.653. The number of hydrogen-bond donors (Lipinski definition) is 1. The molecular formula is C3H7NO2. The highest BCUT2D eigenvalue weighted by atomic mass is 16.9. The molecule has 0 saturated carbocycles. The van der Waals surface area contributed by atoms with Crippen LogP contribution in [-0.4, -0.2) is 23.6 Å². The lowest BCUT2D eigenvalue weighted by atomic mass is 10.5. The molecule has 0 atom stereocenters. The summed E-state index contributed by atoms with van der Waals surface area (Å²) in [5, 5.41) is 9.20. The molecule has 3 nitrogen and oxygen atoms in total. The van der Waals surface area contributed by atoms with Gasteiger partial charge in [-0.25, -0.2) is 0 Å². The van der Waals surface area contributed by atoms with Crippen LogP contribution in [0.5, 0.6) is 0 Å². The van der Waals surface area contributed by atoms with Gasteiger partial charge in [0, 0.05) is 0 Å². The van der Waals surface area contributed by atoms with Crippen molar-refractivity contribution in [3.63, 3.8) is 0 Å². The smallest absolute Gasteiger partial charge is 0.0725 e. The Labute approximate surface area is 36.0 Å². The largest absolute Gasteiger partial charge is 0.290 e. The molecule has 1 N–H and O–H groups in total. The molecule has 1 fully saturated rings. The highest BCUT2D eigenvalue weighted by Crippen LogP contribution is 1.97. The van der Waals surface area contributed by atoms with E-state index in [2.05, 4.69) is 4.84 Å². The van der Waals surface area contributed by atoms with Crippen molar-refractivity contribution >= 4 is 0 Å². The zero-order valence-corrected chi connectivity index (χ0v) is 3.42. The van der Waals surface area contributed by atoms with E-state index in [1.54, 1.807) is 0 Å². The van der Waals surface area contributed by atoms with E-state index in [0.29, 0.717) is 13.2 Å². The van der Waals surface area contributed by atoms with E-state index in [4.69, 9.17) is 5.21 Å². The van der Waals surface area contributed by atoms with Gasteiger partial charge < -0.3 is 0 Å². The van der Waals surface area contributed by atoms with Gasteiger partial charge in [0.15, 0.2) is 0 Å². The van der Waals surface area contributed by atoms with Gasteiger partial charge in [-0.05, 0) is 6.42 Å². The van der Waals surface area contributed by atoms with Crippen LogP contribution in [0.4, 0.5) is 0 Å². The quantitative estimate of drug-likeness (QED) is 0.454. The second-order valence-electron chi connectivity index (χ2n) is 1.26. The number of hydrogen-bond acceptors (Lipinski definition) is 3. The van der Waals surface area contributed by atoms with Crippen LogP contribution < -0.4 is 0 Å². The van der Waals surface area contributed by atoms with Gasteiger partial charge in [0.25, 0.3) is 0 Å². The fraction of sp³-hybridized carbons (Fsp3) is 1.00. The zero-order valence-electron chi connectivity index (χ0n) is 3.42. The van der Waals surface area contributed by atoms with Crippen molar-refractivity contribution in [3.05, 3.63) is 0 Å². The molecule has 0 bridgehead atoms. The van der Waals surface area contributed by atoms with Gasteiger partial charge in [-0.2, -0.15) is 0 Å². The predicted molar refractivity (Wildman–Crippen MR) is 19.1 cm³/mol. The van der Waals surface area contributed by atoms with Gasteiger partial charge in [-0.1, -0.05) is 5.23 Å². The van der Waals surface area contributed by atoms with Crippen LogP contribution in [0, 0.1) is 0 Å². The van der Waals surface area contributed by atoms with Crippen molar-refractivity contribution in [2.24, 2.45) is 0 Å². The van der Waals surface area contributed by atoms with Gasteiger partial charge >= 0.3 is 0 Å². The van der Waals surface area contributed by atoms with E-state index in [1.165, 1.54) is 0 Å². The lowest BCUT2D eigenvalue weighted by molar-refractivity contribution is -0.307. The fourth-order valence-corrected chi connectivity index (χ4v) is 0.434. The van der Waals surface area contributed by atoms with Crippen LogP contribution in [0.25, 0.3) is 0 Å². The molecule has 0 aromatic carbocycles. The zero-order chi connectivity index (χ0) is 4.41. The molecule has 1 saturated heterocycles. The molecule has 3 heteroatoms. The Morgan fingerprint density at radius 2 is 2.50 bits per heavy atom. The van der Waals surface area contributed by atoms with Crippen LogP contribution in [0.2, 0.25) is 0 Å². The van der Waals surface area contributed by atoms with Crippen LogP contribution >= 0.6 is 0 Å². The van der Waals surface area contributed by atoms with Crippen molar-refractivity contribution in [2.45, 2.75) is 6.42 Å². The summed E-state index contributed by atoms with van der Waals surface area (Å²) in [6.07, 6.45) is 0.941. The molecule has 0 unspecified atom stereocenters. The van der Waals surface area contributed by atoms with Crippen LogP contribution in [0.15, 0.2) is 0 Å². The molecule has 1 heterocycles. The lowest BCUT2D eigenvalue weighted by Gasteiger charge is -1.98. The summed E-state index contributed by atoms with van der Waals surface area (Å²) < 4.78 is 0. The molecule has 1 rings (SSSR count). The maximum Gasteiger partial charge on any atom is 0.0725 e. The predicted octanol–water partition coefficient (Wildman–Crippen LogP) is 0.0129. The van der Waals surface area contributed by atoms with Crippen molar-refractivity contribution in [2.75, 3.05) is 13.2 Å². The molecular weight excluding hydrogens is 82.0 g/mol. The first-order valence-corrected chi connectivity index (χ1v) is 1.99. The molecule has 0 spiro atoms. The standard InChI is InChI=1S/C3H7NO2/c5-4-2-1-3-6-4/h5H,1-3H2. The summed E-state index contributed by atoms with van der Waals surface area (Å²) in [6.45, 7) is 1.32. The fourth-order valence-electron chi connectivity index (χ4n) is 0.434. The highest BCUT2D eigenvalue weighted by Gasteiger charge is 2.06. The number of rotatable bonds is 0. The number of hydroxylamine groups is 2. The Morgan fingerprint density at radius 1 is 1.67 bits per heavy atom. The van der Waals surface area contributed by atoms with Crippen molar-refractivity contribution in [1.82, 2.24) is 5.23 Å². The molecule has 0 aliphatic carbocycles. The lowest BCUT2D eigenvalue weighted by Crippen LogP contribution is -2.10. The molecule has 36 valence electrons. The average molecular weight is 89.1 g/mol. The molecule has 1 aliphatic heterocycles. The Balaban J connectivity index is 2.18. The third kappa shape index (κ3) is 0.680. The van der Waals surface area contributed by atoms with E-state index >= 15 is 0 Å². The molecule has 0 radical (unpaired) electrons. The van der Waals surface area contributed by atoms with Gasteiger partial charge in [-0.15, -0.1) is 0 Å². The normalized spacial score (nSPS) is 25.5. The summed E-state index contributed by atoms with van der Waals surface area (Å²) in [4.78, 5) is 4.54. The van der Waals surface area contributed by atoms with E-state index in [9.17, 15) is 0 Å². The highest BCUT2D eigenvalue weighted by molar-refractivity contribution is 4.40. The molecule has 1 aliphatic rings. The van der Waals surface area contributed by atoms with Gasteiger partial charge in [0.1, 0.15) is 0 Å². The van der Waals surface area contributed by atoms with Gasteiger partial charge in [0.05, 0.1) is 13.2 Å². The van der Waals surface area contributed by atoms with Gasteiger partial charge in [0.2, 0.25) is 0 Å². The van der Waals surface area contributed by atoms with Crippen molar-refractivity contribution in [1.29, 1.82) is 0 Å². The number of nitrogens with zero attached hydrogens (tertiary/aromatic N) is 1. The second kappa shape index (κ2) is 1.55. The Hall–Kier alpha value is -0.120. The Bertz CT molecular complexity index is 42.1. The monoisotopic (exact) mass is 89.0 g/mol. The van der Waals surface area contributed by atoms with E-state index < -0.39 is 0 Å². The Kier molecular flexibility index (Phi) is 1.05. The first-order chi connectivity index (χ1) is 2.89. The molecule has 0 amide bonds. The minimum Gasteiger partial charge on any atom is -0.290 e. The maximum absolute atomic E-state index is 8.34. The van der Waals surface area contributed by atoms with E-state index in [1.807, 2.05) is 0 Å². The summed E-state index contributed by atoms with van der Waals surface area (Å²) in [5.41, 5.74) is 0. The van der Waals surface area contributed by atoms with E-state index in [0.717, 1.165) is 11.6 Å². The summed E-state index contributed by atoms with van der Waals surface area (Å²) in [5.74, 6) is 0. The van der Waals surface area contributed by atoms with Gasteiger partial charge in [-0.3, -0.25) is 10.0 Å². The second-order valence-corrected chi connectivity index (χ2v) is 1.26. The van der Waals surface area contributed by atoms with Crippen molar-refractivity contribution < 1.29 is 10.0 Å². The van der Waals surface area contributed by atoms with Crippen LogP contribution in [0.3, 0.4) is 0 Å². The van der Waals surface area contributed by atoms with Crippen LogP contribution in [0.1, 0.15) is 6.42 Å². The van der Waals surface area contributed by atoms with E-state index in [-0.39, 0.29) is 0 Å². The average Bonchev–Trinajstić information content (AvgIpc) is 1.86. The summed E-state index contributed by atoms with van der Waals surface area (Å²) in [7, 11) is 0. The third-order valence-electron chi connectivity index (χ3n) is 0.734. The minimum atomic E-state index is 0.653. The molecule has 0 aromatic heterocycles. The summed E-state index contributed by atoms with van der Waals surface area (Å²) in [6, 6.07) is 0. The SMILES string of the molecule is ON1CCCO1. The molecule has 0 aromatic rings. The molecule has 6 heavy (non-hydrogen) atoms.